The number of rotatable bonds is 2. The molecule has 10 rings (SSSR count). The zero-order valence-corrected chi connectivity index (χ0v) is 32.3. The van der Waals surface area contributed by atoms with Gasteiger partial charge in [0.2, 0.25) is 12.7 Å². The number of benzene rings is 2. The zero-order chi connectivity index (χ0) is 40.6. The van der Waals surface area contributed by atoms with Crippen LogP contribution in [-0.2, 0) is 22.7 Å². The second-order valence-corrected chi connectivity index (χ2v) is 17.4. The Labute approximate surface area is 321 Å². The minimum absolute atomic E-state index is 0.280. The molecular weight excluding hydrogens is 746 g/mol. The first kappa shape index (κ1) is 40.4. The average Bonchev–Trinajstić information content (AvgIpc) is 3.91. The van der Waals surface area contributed by atoms with Gasteiger partial charge in [0.05, 0.1) is 12.2 Å². The number of ether oxygens (including phenoxy) is 2. The predicted molar refractivity (Wildman–Crippen MR) is 192 cm³/mol. The van der Waals surface area contributed by atoms with E-state index in [0.717, 1.165) is 23.0 Å². The van der Waals surface area contributed by atoms with Gasteiger partial charge in [0.1, 0.15) is 36.7 Å². The molecule has 56 heavy (non-hydrogen) atoms. The van der Waals surface area contributed by atoms with Gasteiger partial charge in [-0.25, -0.2) is 9.13 Å². The Kier molecular flexibility index (Phi) is 10.1. The lowest BCUT2D eigenvalue weighted by Gasteiger charge is -2.40. The van der Waals surface area contributed by atoms with Gasteiger partial charge in [-0.1, -0.05) is 87.3 Å². The second-order valence-electron chi connectivity index (χ2n) is 17.4. The van der Waals surface area contributed by atoms with Crippen molar-refractivity contribution in [3.63, 3.8) is 0 Å². The van der Waals surface area contributed by atoms with E-state index >= 15 is 0 Å². The molecule has 4 fully saturated rings. The van der Waals surface area contributed by atoms with Crippen molar-refractivity contribution < 1.29 is 53.1 Å². The van der Waals surface area contributed by atoms with E-state index in [0.29, 0.717) is 60.2 Å². The topological polar surface area (TPSA) is 61.9 Å². The number of halogens is 8. The summed E-state index contributed by atoms with van der Waals surface area (Å²) in [6.07, 6.45) is 10.2. The molecule has 8 nitrogen and oxygen atoms in total. The summed E-state index contributed by atoms with van der Waals surface area (Å²) in [4.78, 5) is 0. The number of aromatic nitrogens is 6. The van der Waals surface area contributed by atoms with E-state index in [1.807, 2.05) is 21.5 Å². The van der Waals surface area contributed by atoms with Crippen LogP contribution in [0, 0.1) is 33.5 Å². The maximum absolute atomic E-state index is 9.75. The minimum atomic E-state index is -6.00. The Morgan fingerprint density at radius 2 is 0.893 bits per heavy atom. The number of hydrogen-bond acceptors (Lipinski definition) is 4. The van der Waals surface area contributed by atoms with Gasteiger partial charge in [0.25, 0.3) is 0 Å². The van der Waals surface area contributed by atoms with Gasteiger partial charge in [0.15, 0.2) is 0 Å². The maximum atomic E-state index is 9.75. The van der Waals surface area contributed by atoms with Crippen LogP contribution in [0.5, 0.6) is 0 Å². The van der Waals surface area contributed by atoms with Crippen molar-refractivity contribution in [3.05, 3.63) is 85.0 Å². The van der Waals surface area contributed by atoms with Crippen molar-refractivity contribution >= 4 is 14.5 Å². The molecule has 18 heteroatoms. The van der Waals surface area contributed by atoms with Crippen LogP contribution in [-0.4, -0.2) is 46.3 Å². The van der Waals surface area contributed by atoms with Crippen LogP contribution in [0.3, 0.4) is 0 Å². The fourth-order valence-corrected chi connectivity index (χ4v) is 11.0. The van der Waals surface area contributed by atoms with Crippen LogP contribution in [0.4, 0.5) is 34.5 Å². The number of fused-ring (bicyclic) bond motifs is 14. The molecule has 0 amide bonds. The Bertz CT molecular complexity index is 1870. The molecule has 4 aliphatic carbocycles. The van der Waals surface area contributed by atoms with Crippen molar-refractivity contribution in [1.82, 2.24) is 19.6 Å². The van der Waals surface area contributed by atoms with E-state index in [-0.39, 0.29) is 10.8 Å². The average molecular weight is 794 g/mol. The third-order valence-corrected chi connectivity index (χ3v) is 14.4. The van der Waals surface area contributed by atoms with Crippen molar-refractivity contribution in [2.24, 2.45) is 33.5 Å². The molecule has 4 aromatic rings. The van der Waals surface area contributed by atoms with E-state index in [2.05, 4.69) is 112 Å². The monoisotopic (exact) mass is 794 g/mol. The molecule has 2 aromatic carbocycles. The maximum Gasteiger partial charge on any atom is 0.673 e. The summed E-state index contributed by atoms with van der Waals surface area (Å²) < 4.78 is 99.5. The molecule has 0 radical (unpaired) electrons. The number of nitrogens with zero attached hydrogens (tertiary/aromatic N) is 6. The second kappa shape index (κ2) is 13.9. The summed E-state index contributed by atoms with van der Waals surface area (Å²) in [6, 6.07) is 21.6. The lowest BCUT2D eigenvalue weighted by molar-refractivity contribution is -0.756. The third-order valence-electron chi connectivity index (χ3n) is 14.4. The highest BCUT2D eigenvalue weighted by Crippen LogP contribution is 2.70. The third kappa shape index (κ3) is 6.96. The Hall–Kier alpha value is -3.79. The highest BCUT2D eigenvalue weighted by atomic mass is 19.5. The van der Waals surface area contributed by atoms with Crippen molar-refractivity contribution in [1.29, 1.82) is 0 Å². The van der Waals surface area contributed by atoms with Crippen LogP contribution in [0.1, 0.15) is 91.0 Å². The summed E-state index contributed by atoms with van der Waals surface area (Å²) in [5, 5.41) is 9.58. The van der Waals surface area contributed by atoms with Gasteiger partial charge in [-0.3, -0.25) is 0 Å². The van der Waals surface area contributed by atoms with E-state index in [4.69, 9.17) is 19.7 Å². The summed E-state index contributed by atoms with van der Waals surface area (Å²) in [5.41, 5.74) is 3.43. The molecule has 0 saturated heterocycles. The van der Waals surface area contributed by atoms with Crippen LogP contribution in [0.2, 0.25) is 0 Å². The van der Waals surface area contributed by atoms with Gasteiger partial charge in [-0.05, 0) is 60.8 Å². The normalized spacial score (nSPS) is 32.3. The molecule has 6 aliphatic rings. The molecule has 4 saturated carbocycles. The molecule has 0 spiro atoms. The Balaban J connectivity index is 0.000000139. The number of para-hydroxylation sites is 2. The predicted octanol–water partition coefficient (Wildman–Crippen LogP) is 8.71. The van der Waals surface area contributed by atoms with Crippen LogP contribution in [0.25, 0.3) is 11.4 Å². The minimum Gasteiger partial charge on any atom is -0.418 e. The standard InChI is InChI=1S/2C19H24N3O.2BF4/c2*1-18(2)14-9-10-19(18,3)17-16(14)21-12-22(20-15(21)11-23-17)13-7-5-4-6-8-13;2*2-1(3,4)5/h2*4-8,12,14,16-17H,9-11H2,1-3H3;;/q2*+1;2*-1/t2*14-,16+,17+,19+;;/m11../s1. The lowest BCUT2D eigenvalue weighted by Crippen LogP contribution is -2.56. The van der Waals surface area contributed by atoms with Gasteiger partial charge in [0, 0.05) is 32.9 Å². The Morgan fingerprint density at radius 3 is 1.21 bits per heavy atom. The van der Waals surface area contributed by atoms with Gasteiger partial charge < -0.3 is 44.0 Å². The van der Waals surface area contributed by atoms with Crippen molar-refractivity contribution in [3.8, 4) is 11.4 Å². The molecule has 304 valence electrons. The highest BCUT2D eigenvalue weighted by Gasteiger charge is 2.71. The first-order valence-electron chi connectivity index (χ1n) is 19.1. The van der Waals surface area contributed by atoms with E-state index in [1.54, 1.807) is 0 Å². The van der Waals surface area contributed by atoms with Crippen molar-refractivity contribution in [2.45, 2.75) is 105 Å². The van der Waals surface area contributed by atoms with Gasteiger partial charge >= 0.3 is 26.2 Å². The molecule has 4 heterocycles. The molecule has 8 atom stereocenters. The molecule has 2 aromatic heterocycles. The zero-order valence-electron chi connectivity index (χ0n) is 32.3. The summed E-state index contributed by atoms with van der Waals surface area (Å²) in [7, 11) is -12.0. The molecule has 2 aliphatic heterocycles. The summed E-state index contributed by atoms with van der Waals surface area (Å²) >= 11 is 0. The summed E-state index contributed by atoms with van der Waals surface area (Å²) in [5.74, 6) is 3.47. The van der Waals surface area contributed by atoms with Gasteiger partial charge in [-0.15, -0.1) is 0 Å². The van der Waals surface area contributed by atoms with Crippen molar-refractivity contribution in [2.75, 3.05) is 0 Å². The quantitative estimate of drug-likeness (QED) is 0.116. The fourth-order valence-electron chi connectivity index (χ4n) is 11.0. The molecule has 0 unspecified atom stereocenters. The largest absolute Gasteiger partial charge is 0.673 e. The molecule has 4 bridgehead atoms. The number of hydrogen-bond donors (Lipinski definition) is 0. The SMILES string of the molecule is CC1(C)[C@@H]2CC[C@@]1(C)[C@H]1OCc3nn(-c4ccccc4)c[n+]3[C@@H]21.CC1(C)[C@@H]2CC[C@@]1(C)[C@H]1OCc3nn(-c4ccccc4)c[n+]3[C@@H]21.F[B-](F)(F)F.F[B-](F)(F)F. The van der Waals surface area contributed by atoms with Crippen LogP contribution in [0.15, 0.2) is 73.3 Å². The molecule has 0 N–H and O–H groups in total. The highest BCUT2D eigenvalue weighted by molar-refractivity contribution is 6.50. The smallest absolute Gasteiger partial charge is 0.418 e. The van der Waals surface area contributed by atoms with Crippen LogP contribution >= 0.6 is 0 Å². The van der Waals surface area contributed by atoms with Crippen LogP contribution < -0.4 is 9.13 Å². The van der Waals surface area contributed by atoms with E-state index < -0.39 is 14.5 Å². The van der Waals surface area contributed by atoms with E-state index in [1.165, 1.54) is 25.7 Å². The molecular formula is C38H48B2F8N6O2. The first-order valence-corrected chi connectivity index (χ1v) is 19.1. The Morgan fingerprint density at radius 1 is 0.571 bits per heavy atom. The van der Waals surface area contributed by atoms with Gasteiger partial charge in [-0.2, -0.15) is 0 Å². The van der Waals surface area contributed by atoms with E-state index in [9.17, 15) is 34.5 Å². The first-order chi connectivity index (χ1) is 26.0. The fraction of sp³-hybridized carbons (Fsp3) is 0.579. The lowest BCUT2D eigenvalue weighted by atomic mass is 9.70. The summed E-state index contributed by atoms with van der Waals surface area (Å²) in [6.45, 7) is 15.9.